The highest BCUT2D eigenvalue weighted by molar-refractivity contribution is 5.91. The Morgan fingerprint density at radius 2 is 2.00 bits per heavy atom. The summed E-state index contributed by atoms with van der Waals surface area (Å²) in [5.41, 5.74) is 7.00. The normalized spacial score (nSPS) is 11.2. The van der Waals surface area contributed by atoms with Crippen molar-refractivity contribution in [3.63, 3.8) is 0 Å². The lowest BCUT2D eigenvalue weighted by Gasteiger charge is -2.25. The largest absolute Gasteiger partial charge is 0.465 e. The van der Waals surface area contributed by atoms with Crippen LogP contribution in [0.25, 0.3) is 0 Å². The Morgan fingerprint density at radius 3 is 2.53 bits per heavy atom. The molecule has 0 aliphatic carbocycles. The summed E-state index contributed by atoms with van der Waals surface area (Å²) in [6, 6.07) is 7.40. The van der Waals surface area contributed by atoms with Crippen molar-refractivity contribution in [1.29, 1.82) is 0 Å². The molecule has 2 N–H and O–H groups in total. The Morgan fingerprint density at radius 1 is 1.40 bits per heavy atom. The van der Waals surface area contributed by atoms with E-state index >= 15 is 0 Å². The summed E-state index contributed by atoms with van der Waals surface area (Å²) in [5.74, 6) is -0.313. The second kappa shape index (κ2) is 4.45. The molecule has 1 rings (SSSR count). The molecule has 1 aromatic carbocycles. The molecule has 0 radical (unpaired) electrons. The lowest BCUT2D eigenvalue weighted by molar-refractivity contribution is 0.0598. The summed E-state index contributed by atoms with van der Waals surface area (Å²) in [4.78, 5) is 11.5. The van der Waals surface area contributed by atoms with E-state index in [1.807, 2.05) is 32.0 Å². The molecule has 0 saturated carbocycles. The third-order valence-electron chi connectivity index (χ3n) is 2.57. The molecule has 15 heavy (non-hydrogen) atoms. The zero-order chi connectivity index (χ0) is 11.5. The lowest BCUT2D eigenvalue weighted by Crippen LogP contribution is -2.30. The van der Waals surface area contributed by atoms with Gasteiger partial charge in [0.2, 0.25) is 0 Å². The Balaban J connectivity index is 3.23. The number of carbonyl (C=O) groups excluding carboxylic acids is 1. The van der Waals surface area contributed by atoms with Crippen LogP contribution in [-0.4, -0.2) is 19.6 Å². The van der Waals surface area contributed by atoms with Crippen molar-refractivity contribution in [2.75, 3.05) is 13.7 Å². The van der Waals surface area contributed by atoms with Gasteiger partial charge in [0, 0.05) is 12.0 Å². The fourth-order valence-corrected chi connectivity index (χ4v) is 1.47. The van der Waals surface area contributed by atoms with E-state index in [-0.39, 0.29) is 11.4 Å². The fraction of sp³-hybridized carbons (Fsp3) is 0.417. The molecule has 0 unspecified atom stereocenters. The first-order valence-electron chi connectivity index (χ1n) is 4.91. The van der Waals surface area contributed by atoms with Crippen molar-refractivity contribution in [2.24, 2.45) is 5.73 Å². The maximum absolute atomic E-state index is 11.5. The van der Waals surface area contributed by atoms with Crippen LogP contribution in [0.15, 0.2) is 24.3 Å². The molecule has 0 aliphatic heterocycles. The van der Waals surface area contributed by atoms with Crippen LogP contribution in [0.3, 0.4) is 0 Å². The highest BCUT2D eigenvalue weighted by atomic mass is 16.5. The SMILES string of the molecule is COC(=O)c1ccccc1C(C)(C)CN. The summed E-state index contributed by atoms with van der Waals surface area (Å²) < 4.78 is 4.74. The molecule has 3 heteroatoms. The molecule has 0 saturated heterocycles. The van der Waals surface area contributed by atoms with Crippen LogP contribution in [0, 0.1) is 0 Å². The van der Waals surface area contributed by atoms with Crippen molar-refractivity contribution >= 4 is 5.97 Å². The van der Waals surface area contributed by atoms with Gasteiger partial charge < -0.3 is 10.5 Å². The number of hydrogen-bond donors (Lipinski definition) is 1. The van der Waals surface area contributed by atoms with Crippen LogP contribution >= 0.6 is 0 Å². The predicted molar refractivity (Wildman–Crippen MR) is 59.9 cm³/mol. The summed E-state index contributed by atoms with van der Waals surface area (Å²) >= 11 is 0. The number of carbonyl (C=O) groups is 1. The van der Waals surface area contributed by atoms with Gasteiger partial charge >= 0.3 is 5.97 Å². The standard InChI is InChI=1S/C12H17NO2/c1-12(2,8-13)10-7-5-4-6-9(10)11(14)15-3/h4-7H,8,13H2,1-3H3. The molecule has 82 valence electrons. The molecule has 0 amide bonds. The Kier molecular flexibility index (Phi) is 3.48. The maximum Gasteiger partial charge on any atom is 0.338 e. The Hall–Kier alpha value is -1.35. The van der Waals surface area contributed by atoms with E-state index in [4.69, 9.17) is 10.5 Å². The van der Waals surface area contributed by atoms with E-state index in [2.05, 4.69) is 0 Å². The summed E-state index contributed by atoms with van der Waals surface area (Å²) in [6.07, 6.45) is 0. The van der Waals surface area contributed by atoms with E-state index in [0.717, 1.165) is 5.56 Å². The number of benzene rings is 1. The van der Waals surface area contributed by atoms with Gasteiger partial charge in [0.25, 0.3) is 0 Å². The molecule has 3 nitrogen and oxygen atoms in total. The van der Waals surface area contributed by atoms with E-state index in [1.165, 1.54) is 7.11 Å². The van der Waals surface area contributed by atoms with E-state index in [1.54, 1.807) is 6.07 Å². The van der Waals surface area contributed by atoms with Gasteiger partial charge in [-0.2, -0.15) is 0 Å². The van der Waals surface area contributed by atoms with Crippen molar-refractivity contribution in [3.05, 3.63) is 35.4 Å². The van der Waals surface area contributed by atoms with Crippen molar-refractivity contribution in [3.8, 4) is 0 Å². The van der Waals surface area contributed by atoms with Crippen LogP contribution in [-0.2, 0) is 10.2 Å². The van der Waals surface area contributed by atoms with Gasteiger partial charge in [-0.05, 0) is 11.6 Å². The zero-order valence-electron chi connectivity index (χ0n) is 9.41. The van der Waals surface area contributed by atoms with Crippen LogP contribution < -0.4 is 5.73 Å². The van der Waals surface area contributed by atoms with E-state index in [9.17, 15) is 4.79 Å². The highest BCUT2D eigenvalue weighted by Gasteiger charge is 2.24. The van der Waals surface area contributed by atoms with E-state index < -0.39 is 0 Å². The molecule has 0 heterocycles. The van der Waals surface area contributed by atoms with Gasteiger partial charge in [-0.3, -0.25) is 0 Å². The molecule has 0 aliphatic rings. The number of nitrogens with two attached hydrogens (primary N) is 1. The number of hydrogen-bond acceptors (Lipinski definition) is 3. The Bertz CT molecular complexity index is 358. The molecule has 0 fully saturated rings. The summed E-state index contributed by atoms with van der Waals surface area (Å²) in [5, 5.41) is 0. The molecule has 1 aromatic rings. The van der Waals surface area contributed by atoms with Crippen molar-refractivity contribution < 1.29 is 9.53 Å². The van der Waals surface area contributed by atoms with Gasteiger partial charge in [-0.25, -0.2) is 4.79 Å². The first-order chi connectivity index (χ1) is 7.03. The predicted octanol–water partition coefficient (Wildman–Crippen LogP) is 1.71. The molecular formula is C12H17NO2. The molecule has 0 atom stereocenters. The summed E-state index contributed by atoms with van der Waals surface area (Å²) in [6.45, 7) is 4.50. The third-order valence-corrected chi connectivity index (χ3v) is 2.57. The van der Waals surface area contributed by atoms with Gasteiger partial charge in [0.15, 0.2) is 0 Å². The zero-order valence-corrected chi connectivity index (χ0v) is 9.41. The second-order valence-corrected chi connectivity index (χ2v) is 4.13. The van der Waals surface area contributed by atoms with Crippen molar-refractivity contribution in [2.45, 2.75) is 19.3 Å². The topological polar surface area (TPSA) is 52.3 Å². The first-order valence-corrected chi connectivity index (χ1v) is 4.91. The van der Waals surface area contributed by atoms with Gasteiger partial charge in [-0.1, -0.05) is 32.0 Å². The minimum atomic E-state index is -0.313. The smallest absolute Gasteiger partial charge is 0.338 e. The number of esters is 1. The number of rotatable bonds is 3. The first kappa shape index (κ1) is 11.7. The Labute approximate surface area is 90.2 Å². The minimum Gasteiger partial charge on any atom is -0.465 e. The minimum absolute atomic E-state index is 0.217. The molecular weight excluding hydrogens is 190 g/mol. The monoisotopic (exact) mass is 207 g/mol. The fourth-order valence-electron chi connectivity index (χ4n) is 1.47. The van der Waals surface area contributed by atoms with Crippen molar-refractivity contribution in [1.82, 2.24) is 0 Å². The van der Waals surface area contributed by atoms with Crippen LogP contribution in [0.5, 0.6) is 0 Å². The third kappa shape index (κ3) is 2.36. The van der Waals surface area contributed by atoms with Gasteiger partial charge in [0.05, 0.1) is 12.7 Å². The quantitative estimate of drug-likeness (QED) is 0.768. The molecule has 0 aromatic heterocycles. The molecule has 0 spiro atoms. The lowest BCUT2D eigenvalue weighted by atomic mass is 9.82. The van der Waals surface area contributed by atoms with Gasteiger partial charge in [-0.15, -0.1) is 0 Å². The van der Waals surface area contributed by atoms with E-state index in [0.29, 0.717) is 12.1 Å². The number of methoxy groups -OCH3 is 1. The molecule has 0 bridgehead atoms. The number of ether oxygens (including phenoxy) is 1. The van der Waals surface area contributed by atoms with Crippen LogP contribution in [0.2, 0.25) is 0 Å². The highest BCUT2D eigenvalue weighted by Crippen LogP contribution is 2.25. The average molecular weight is 207 g/mol. The van der Waals surface area contributed by atoms with Crippen LogP contribution in [0.1, 0.15) is 29.8 Å². The average Bonchev–Trinajstić information content (AvgIpc) is 2.28. The van der Waals surface area contributed by atoms with Crippen LogP contribution in [0.4, 0.5) is 0 Å². The maximum atomic E-state index is 11.5. The summed E-state index contributed by atoms with van der Waals surface area (Å²) in [7, 11) is 1.38. The second-order valence-electron chi connectivity index (χ2n) is 4.13. The van der Waals surface area contributed by atoms with Gasteiger partial charge in [0.1, 0.15) is 0 Å².